The third-order valence-corrected chi connectivity index (χ3v) is 3.75. The summed E-state index contributed by atoms with van der Waals surface area (Å²) in [6.45, 7) is 8.58. The molecule has 1 saturated carbocycles. The number of ether oxygens (including phenoxy) is 2. The van der Waals surface area contributed by atoms with Crippen LogP contribution in [0, 0.1) is 11.8 Å². The lowest BCUT2D eigenvalue weighted by molar-refractivity contribution is -0.0460. The molecule has 2 aliphatic rings. The molecule has 0 spiro atoms. The fraction of sp³-hybridized carbons (Fsp3) is 1.00. The Morgan fingerprint density at radius 2 is 1.62 bits per heavy atom. The van der Waals surface area contributed by atoms with Crippen molar-refractivity contribution in [1.29, 1.82) is 0 Å². The van der Waals surface area contributed by atoms with Gasteiger partial charge in [-0.3, -0.25) is 0 Å². The summed E-state index contributed by atoms with van der Waals surface area (Å²) in [5.74, 6) is 1.25. The van der Waals surface area contributed by atoms with Crippen LogP contribution in [0.1, 0.15) is 46.5 Å². The fourth-order valence-corrected chi connectivity index (χ4v) is 2.13. The second-order valence-electron chi connectivity index (χ2n) is 5.38. The highest BCUT2D eigenvalue weighted by atomic mass is 16.7. The SMILES string of the molecule is C1COCO1.CC1CCC(O)(C(C)C)CC1. The van der Waals surface area contributed by atoms with Crippen LogP contribution in [-0.2, 0) is 9.47 Å². The lowest BCUT2D eigenvalue weighted by atomic mass is 9.74. The van der Waals surface area contributed by atoms with Crippen molar-refractivity contribution < 1.29 is 14.6 Å². The van der Waals surface area contributed by atoms with Gasteiger partial charge in [0, 0.05) is 0 Å². The summed E-state index contributed by atoms with van der Waals surface area (Å²) in [5, 5.41) is 10.1. The minimum absolute atomic E-state index is 0.341. The van der Waals surface area contributed by atoms with E-state index in [1.54, 1.807) is 0 Å². The van der Waals surface area contributed by atoms with E-state index in [2.05, 4.69) is 20.8 Å². The van der Waals surface area contributed by atoms with Gasteiger partial charge in [-0.05, 0) is 37.5 Å². The molecule has 2 rings (SSSR count). The van der Waals surface area contributed by atoms with Crippen LogP contribution in [0.3, 0.4) is 0 Å². The van der Waals surface area contributed by atoms with Gasteiger partial charge >= 0.3 is 0 Å². The predicted molar refractivity (Wildman–Crippen MR) is 64.2 cm³/mol. The van der Waals surface area contributed by atoms with Gasteiger partial charge in [0.1, 0.15) is 6.79 Å². The van der Waals surface area contributed by atoms with Gasteiger partial charge in [0.2, 0.25) is 0 Å². The zero-order chi connectivity index (χ0) is 12.0. The van der Waals surface area contributed by atoms with Crippen LogP contribution in [0.4, 0.5) is 0 Å². The lowest BCUT2D eigenvalue weighted by Gasteiger charge is -2.38. The largest absolute Gasteiger partial charge is 0.390 e. The van der Waals surface area contributed by atoms with Gasteiger partial charge in [0.05, 0.1) is 18.8 Å². The molecule has 0 amide bonds. The van der Waals surface area contributed by atoms with E-state index in [4.69, 9.17) is 9.47 Å². The monoisotopic (exact) mass is 230 g/mol. The molecule has 0 radical (unpaired) electrons. The van der Waals surface area contributed by atoms with Crippen LogP contribution in [0.25, 0.3) is 0 Å². The third kappa shape index (κ3) is 4.40. The van der Waals surface area contributed by atoms with Gasteiger partial charge in [-0.1, -0.05) is 20.8 Å². The van der Waals surface area contributed by atoms with Crippen molar-refractivity contribution in [2.75, 3.05) is 20.0 Å². The predicted octanol–water partition coefficient (Wildman–Crippen LogP) is 2.57. The molecule has 0 aromatic rings. The Labute approximate surface area is 99.1 Å². The van der Waals surface area contributed by atoms with Gasteiger partial charge in [0.25, 0.3) is 0 Å². The third-order valence-electron chi connectivity index (χ3n) is 3.75. The van der Waals surface area contributed by atoms with Gasteiger partial charge in [-0.25, -0.2) is 0 Å². The Bertz CT molecular complexity index is 172. The molecule has 1 aliphatic heterocycles. The summed E-state index contributed by atoms with van der Waals surface area (Å²) in [5.41, 5.74) is -0.341. The Morgan fingerprint density at radius 3 is 1.94 bits per heavy atom. The first-order chi connectivity index (χ1) is 7.54. The van der Waals surface area contributed by atoms with Crippen LogP contribution >= 0.6 is 0 Å². The zero-order valence-corrected chi connectivity index (χ0v) is 10.9. The number of rotatable bonds is 1. The van der Waals surface area contributed by atoms with Crippen molar-refractivity contribution in [3.05, 3.63) is 0 Å². The second-order valence-corrected chi connectivity index (χ2v) is 5.38. The van der Waals surface area contributed by atoms with Crippen LogP contribution < -0.4 is 0 Å². The highest BCUT2D eigenvalue weighted by molar-refractivity contribution is 4.86. The molecule has 0 bridgehead atoms. The summed E-state index contributed by atoms with van der Waals surface area (Å²) in [7, 11) is 0. The normalized spacial score (nSPS) is 34.7. The Kier molecular flexibility index (Phi) is 5.73. The number of hydrogen-bond donors (Lipinski definition) is 1. The Hall–Kier alpha value is -0.120. The Balaban J connectivity index is 0.000000212. The quantitative estimate of drug-likeness (QED) is 0.752. The summed E-state index contributed by atoms with van der Waals surface area (Å²) < 4.78 is 9.44. The zero-order valence-electron chi connectivity index (χ0n) is 10.9. The molecule has 0 unspecified atom stereocenters. The molecule has 2 fully saturated rings. The fourth-order valence-electron chi connectivity index (χ4n) is 2.13. The number of hydrogen-bond acceptors (Lipinski definition) is 3. The molecular weight excluding hydrogens is 204 g/mol. The van der Waals surface area contributed by atoms with Gasteiger partial charge < -0.3 is 14.6 Å². The summed E-state index contributed by atoms with van der Waals surface area (Å²) in [6, 6.07) is 0. The maximum Gasteiger partial charge on any atom is 0.146 e. The van der Waals surface area contributed by atoms with E-state index in [0.29, 0.717) is 12.7 Å². The molecular formula is C13H26O3. The molecule has 96 valence electrons. The van der Waals surface area contributed by atoms with Crippen molar-refractivity contribution in [2.24, 2.45) is 11.8 Å². The highest BCUT2D eigenvalue weighted by Gasteiger charge is 2.34. The smallest absolute Gasteiger partial charge is 0.146 e. The molecule has 1 N–H and O–H groups in total. The van der Waals surface area contributed by atoms with Crippen molar-refractivity contribution in [3.8, 4) is 0 Å². The molecule has 3 heteroatoms. The second kappa shape index (κ2) is 6.58. The molecule has 16 heavy (non-hydrogen) atoms. The molecule has 1 saturated heterocycles. The maximum atomic E-state index is 10.1. The van der Waals surface area contributed by atoms with Gasteiger partial charge in [-0.2, -0.15) is 0 Å². The van der Waals surface area contributed by atoms with Gasteiger partial charge in [0.15, 0.2) is 0 Å². The molecule has 0 aromatic heterocycles. The minimum Gasteiger partial charge on any atom is -0.390 e. The molecule has 1 heterocycles. The summed E-state index contributed by atoms with van der Waals surface area (Å²) in [4.78, 5) is 0. The van der Waals surface area contributed by atoms with E-state index in [1.807, 2.05) is 0 Å². The van der Waals surface area contributed by atoms with E-state index >= 15 is 0 Å². The lowest BCUT2D eigenvalue weighted by Crippen LogP contribution is -2.38. The first-order valence-corrected chi connectivity index (χ1v) is 6.42. The summed E-state index contributed by atoms with van der Waals surface area (Å²) in [6.07, 6.45) is 4.42. The average Bonchev–Trinajstić information content (AvgIpc) is 2.81. The minimum atomic E-state index is -0.341. The maximum absolute atomic E-state index is 10.1. The van der Waals surface area contributed by atoms with Crippen LogP contribution in [0.15, 0.2) is 0 Å². The van der Waals surface area contributed by atoms with E-state index in [-0.39, 0.29) is 5.60 Å². The van der Waals surface area contributed by atoms with Gasteiger partial charge in [-0.15, -0.1) is 0 Å². The van der Waals surface area contributed by atoms with E-state index in [9.17, 15) is 5.11 Å². The first kappa shape index (κ1) is 13.9. The topological polar surface area (TPSA) is 38.7 Å². The van der Waals surface area contributed by atoms with E-state index in [0.717, 1.165) is 32.0 Å². The van der Waals surface area contributed by atoms with E-state index in [1.165, 1.54) is 12.8 Å². The van der Waals surface area contributed by atoms with Crippen LogP contribution in [0.2, 0.25) is 0 Å². The average molecular weight is 230 g/mol. The van der Waals surface area contributed by atoms with E-state index < -0.39 is 0 Å². The van der Waals surface area contributed by atoms with Crippen LogP contribution in [-0.4, -0.2) is 30.7 Å². The van der Waals surface area contributed by atoms with Crippen molar-refractivity contribution in [3.63, 3.8) is 0 Å². The number of aliphatic hydroxyl groups is 1. The molecule has 0 atom stereocenters. The molecule has 3 nitrogen and oxygen atoms in total. The standard InChI is InChI=1S/C10H20O.C3H6O2/c1-8(2)10(11)6-4-9(3)5-7-10;1-2-5-3-4-1/h8-9,11H,4-7H2,1-3H3;1-3H2. The Morgan fingerprint density at radius 1 is 1.12 bits per heavy atom. The van der Waals surface area contributed by atoms with Crippen molar-refractivity contribution in [2.45, 2.75) is 52.1 Å². The molecule has 1 aliphatic carbocycles. The highest BCUT2D eigenvalue weighted by Crippen LogP contribution is 2.36. The first-order valence-electron chi connectivity index (χ1n) is 6.42. The van der Waals surface area contributed by atoms with Crippen LogP contribution in [0.5, 0.6) is 0 Å². The summed E-state index contributed by atoms with van der Waals surface area (Å²) >= 11 is 0. The van der Waals surface area contributed by atoms with Crippen molar-refractivity contribution >= 4 is 0 Å². The van der Waals surface area contributed by atoms with Crippen molar-refractivity contribution in [1.82, 2.24) is 0 Å². The molecule has 0 aromatic carbocycles.